The van der Waals surface area contributed by atoms with Crippen molar-refractivity contribution in [3.63, 3.8) is 0 Å². The third-order valence-corrected chi connectivity index (χ3v) is 13.1. The molecule has 0 aromatic carbocycles. The normalized spacial score (nSPS) is 49.4. The summed E-state index contributed by atoms with van der Waals surface area (Å²) in [5.41, 5.74) is -0.115. The predicted octanol–water partition coefficient (Wildman–Crippen LogP) is 2.45. The van der Waals surface area contributed by atoms with E-state index in [2.05, 4.69) is 31.0 Å². The molecule has 5 rings (SSSR count). The van der Waals surface area contributed by atoms with Gasteiger partial charge in [-0.15, -0.1) is 0 Å². The molecular weight excluding hydrogens is 592 g/mol. The molecule has 5 fully saturated rings. The summed E-state index contributed by atoms with van der Waals surface area (Å²) in [6, 6.07) is 0. The predicted molar refractivity (Wildman–Crippen MR) is 160 cm³/mol. The van der Waals surface area contributed by atoms with Gasteiger partial charge in [-0.1, -0.05) is 46.8 Å². The first kappa shape index (κ1) is 34.7. The highest BCUT2D eigenvalue weighted by Crippen LogP contribution is 2.68. The van der Waals surface area contributed by atoms with Crippen LogP contribution in [0.5, 0.6) is 0 Å². The summed E-state index contributed by atoms with van der Waals surface area (Å²) in [5.74, 6) is 1.20. The highest BCUT2D eigenvalue weighted by Gasteiger charge is 2.64. The lowest BCUT2D eigenvalue weighted by atomic mass is 9.43. The number of hydrogen-bond acceptors (Lipinski definition) is 10. The van der Waals surface area contributed by atoms with Gasteiger partial charge in [-0.25, -0.2) is 4.18 Å². The topological polar surface area (TPSA) is 183 Å². The summed E-state index contributed by atoms with van der Waals surface area (Å²) in [4.78, 5) is 0. The van der Waals surface area contributed by atoms with Crippen LogP contribution in [0.25, 0.3) is 0 Å². The second-order valence-corrected chi connectivity index (χ2v) is 16.5. The molecule has 0 radical (unpaired) electrons. The first-order valence-corrected chi connectivity index (χ1v) is 17.8. The van der Waals surface area contributed by atoms with Gasteiger partial charge < -0.3 is 35.0 Å². The zero-order chi connectivity index (χ0) is 32.4. The summed E-state index contributed by atoms with van der Waals surface area (Å²) >= 11 is 0. The van der Waals surface area contributed by atoms with E-state index in [0.29, 0.717) is 25.2 Å². The molecule has 12 heteroatoms. The monoisotopic (exact) mass is 646 g/mol. The number of ether oxygens (including phenoxy) is 2. The molecule has 254 valence electrons. The van der Waals surface area contributed by atoms with Gasteiger partial charge in [0.05, 0.1) is 31.0 Å². The summed E-state index contributed by atoms with van der Waals surface area (Å²) in [7, 11) is -4.84. The van der Waals surface area contributed by atoms with E-state index in [1.807, 2.05) is 19.9 Å². The Morgan fingerprint density at radius 3 is 2.20 bits per heavy atom. The third-order valence-electron chi connectivity index (χ3n) is 12.6. The maximum absolute atomic E-state index is 11.6. The van der Waals surface area contributed by atoms with Crippen LogP contribution in [0.2, 0.25) is 0 Å². The average Bonchev–Trinajstić information content (AvgIpc) is 3.21. The Bertz CT molecular complexity index is 1150. The molecule has 4 aliphatic carbocycles. The number of hydrogen-bond donors (Lipinski definition) is 6. The second-order valence-electron chi connectivity index (χ2n) is 15.4. The van der Waals surface area contributed by atoms with E-state index in [1.165, 1.54) is 0 Å². The fraction of sp³-hybridized carbons (Fsp3) is 0.938. The first-order valence-electron chi connectivity index (χ1n) is 16.5. The smallest absolute Gasteiger partial charge is 0.393 e. The van der Waals surface area contributed by atoms with E-state index in [1.54, 1.807) is 0 Å². The lowest BCUT2D eigenvalue weighted by Crippen LogP contribution is -2.59. The van der Waals surface area contributed by atoms with Crippen LogP contribution in [0, 0.1) is 52.3 Å². The molecular formula is C32H54O11S. The van der Waals surface area contributed by atoms with E-state index in [9.17, 15) is 34.0 Å². The number of aliphatic hydroxyl groups excluding tert-OH is 5. The van der Waals surface area contributed by atoms with Crippen molar-refractivity contribution in [2.24, 2.45) is 52.3 Å². The molecule has 0 aromatic rings. The van der Waals surface area contributed by atoms with Crippen molar-refractivity contribution in [2.45, 2.75) is 129 Å². The van der Waals surface area contributed by atoms with E-state index in [-0.39, 0.29) is 52.4 Å². The molecule has 1 heterocycles. The molecule has 0 aromatic heterocycles. The molecule has 1 saturated heterocycles. The van der Waals surface area contributed by atoms with Gasteiger partial charge in [0.1, 0.15) is 18.3 Å². The van der Waals surface area contributed by atoms with Gasteiger partial charge in [-0.3, -0.25) is 4.55 Å². The van der Waals surface area contributed by atoms with Crippen molar-refractivity contribution in [1.82, 2.24) is 0 Å². The van der Waals surface area contributed by atoms with Gasteiger partial charge in [-0.2, -0.15) is 8.42 Å². The Balaban J connectivity index is 1.27. The first-order chi connectivity index (χ1) is 20.5. The quantitative estimate of drug-likeness (QED) is 0.168. The van der Waals surface area contributed by atoms with Crippen LogP contribution in [-0.4, -0.2) is 94.1 Å². The van der Waals surface area contributed by atoms with Crippen molar-refractivity contribution in [2.75, 3.05) is 6.61 Å². The molecule has 5 aliphatic rings. The Hall–Kier alpha value is -0.670. The lowest BCUT2D eigenvalue weighted by molar-refractivity contribution is -0.277. The maximum Gasteiger partial charge on any atom is 0.397 e. The van der Waals surface area contributed by atoms with Gasteiger partial charge in [0, 0.05) is 0 Å². The van der Waals surface area contributed by atoms with Crippen molar-refractivity contribution in [1.29, 1.82) is 0 Å². The lowest BCUT2D eigenvalue weighted by Gasteiger charge is -2.62. The van der Waals surface area contributed by atoms with Gasteiger partial charge >= 0.3 is 10.4 Å². The van der Waals surface area contributed by atoms with Crippen LogP contribution in [0.15, 0.2) is 12.2 Å². The van der Waals surface area contributed by atoms with Crippen LogP contribution < -0.4 is 0 Å². The number of allylic oxidation sites excluding steroid dienone is 1. The second kappa shape index (κ2) is 12.7. The standard InChI is InChI=1S/C32H54O11S/c1-16(2)25(42-30-29(37)28(36)26(15-41-30)43-44(38,39)40)7-6-17(3)21-14-24(35)27-19-13-23(34)22-12-18(33)8-10-31(22,4)20(19)9-11-32(21,27)5/h6-7,16-30,33-37H,8-15H2,1-5H3,(H,38,39,40)/b7-6+/t17-,18+,19-,20+,21-,22-,23+,24+,25+,26-,27+,28-,29+,30+,31-,32-/m1/s1. The zero-order valence-electron chi connectivity index (χ0n) is 26.6. The molecule has 4 saturated carbocycles. The largest absolute Gasteiger partial charge is 0.397 e. The van der Waals surface area contributed by atoms with Crippen LogP contribution >= 0.6 is 0 Å². The number of fused-ring (bicyclic) bond motifs is 5. The van der Waals surface area contributed by atoms with E-state index in [0.717, 1.165) is 25.7 Å². The maximum atomic E-state index is 11.6. The fourth-order valence-electron chi connectivity index (χ4n) is 10.3. The Labute approximate surface area is 261 Å². The summed E-state index contributed by atoms with van der Waals surface area (Å²) in [6.45, 7) is 10.3. The van der Waals surface area contributed by atoms with Crippen LogP contribution in [0.4, 0.5) is 0 Å². The molecule has 6 N–H and O–H groups in total. The van der Waals surface area contributed by atoms with E-state index < -0.39 is 59.9 Å². The molecule has 0 amide bonds. The van der Waals surface area contributed by atoms with Crippen molar-refractivity contribution >= 4 is 10.4 Å². The van der Waals surface area contributed by atoms with Gasteiger partial charge in [0.2, 0.25) is 0 Å². The summed E-state index contributed by atoms with van der Waals surface area (Å²) < 4.78 is 47.0. The minimum atomic E-state index is -4.84. The molecule has 16 atom stereocenters. The third kappa shape index (κ3) is 6.42. The summed E-state index contributed by atoms with van der Waals surface area (Å²) in [5, 5.41) is 54.2. The Morgan fingerprint density at radius 1 is 0.864 bits per heavy atom. The fourth-order valence-corrected chi connectivity index (χ4v) is 10.8. The highest BCUT2D eigenvalue weighted by molar-refractivity contribution is 7.80. The Kier molecular flexibility index (Phi) is 10.0. The van der Waals surface area contributed by atoms with Crippen LogP contribution in [0.3, 0.4) is 0 Å². The minimum absolute atomic E-state index is 0.0162. The Morgan fingerprint density at radius 2 is 1.55 bits per heavy atom. The van der Waals surface area contributed by atoms with Gasteiger partial charge in [0.15, 0.2) is 6.29 Å². The van der Waals surface area contributed by atoms with Crippen LogP contribution in [-0.2, 0) is 24.1 Å². The molecule has 0 unspecified atom stereocenters. The van der Waals surface area contributed by atoms with Gasteiger partial charge in [0.25, 0.3) is 0 Å². The highest BCUT2D eigenvalue weighted by atomic mass is 32.3. The van der Waals surface area contributed by atoms with Crippen LogP contribution in [0.1, 0.15) is 79.6 Å². The van der Waals surface area contributed by atoms with Crippen molar-refractivity contribution in [3.05, 3.63) is 12.2 Å². The molecule has 44 heavy (non-hydrogen) atoms. The van der Waals surface area contributed by atoms with Crippen molar-refractivity contribution < 1.29 is 52.2 Å². The summed E-state index contributed by atoms with van der Waals surface area (Å²) in [6.07, 6.45) is 2.17. The molecule has 0 bridgehead atoms. The molecule has 11 nitrogen and oxygen atoms in total. The van der Waals surface area contributed by atoms with Crippen molar-refractivity contribution in [3.8, 4) is 0 Å². The SMILES string of the molecule is CC(C)[C@H](/C=C/[C@@H](C)[C@H]1C[C@H](O)[C@@H]2[C@@H]3C[C@H](O)[C@H]4C[C@@H](O)CC[C@]4(C)[C@H]3CC[C@@]21C)O[C@@H]1OC[C@@H](OS(=O)(=O)O)[C@@H](O)[C@@H]1O. The molecule has 1 aliphatic heterocycles. The molecule has 0 spiro atoms. The number of aliphatic hydroxyl groups is 5. The minimum Gasteiger partial charge on any atom is -0.393 e. The van der Waals surface area contributed by atoms with Gasteiger partial charge in [-0.05, 0) is 97.2 Å². The zero-order valence-corrected chi connectivity index (χ0v) is 27.4. The average molecular weight is 647 g/mol. The van der Waals surface area contributed by atoms with E-state index in [4.69, 9.17) is 14.0 Å². The van der Waals surface area contributed by atoms with E-state index >= 15 is 0 Å². The number of rotatable bonds is 8.